The lowest BCUT2D eigenvalue weighted by atomic mass is 9.71. The maximum Gasteiger partial charge on any atom is 0.305 e. The first kappa shape index (κ1) is 18.3. The van der Waals surface area contributed by atoms with Crippen molar-refractivity contribution < 1.29 is 28.7 Å². The minimum Gasteiger partial charge on any atom is -0.469 e. The van der Waals surface area contributed by atoms with Gasteiger partial charge in [0.25, 0.3) is 0 Å². The van der Waals surface area contributed by atoms with Crippen LogP contribution in [-0.2, 0) is 28.7 Å². The molecule has 6 nitrogen and oxygen atoms in total. The van der Waals surface area contributed by atoms with Gasteiger partial charge in [-0.15, -0.1) is 0 Å². The van der Waals surface area contributed by atoms with E-state index in [1.54, 1.807) is 6.92 Å². The molecule has 0 spiro atoms. The first-order valence-electron chi connectivity index (χ1n) is 6.52. The van der Waals surface area contributed by atoms with Gasteiger partial charge in [0.2, 0.25) is 0 Å². The fraction of sp³-hybridized carbons (Fsp3) is 0.714. The molecule has 114 valence electrons. The minimum atomic E-state index is -1.31. The molecule has 0 fully saturated rings. The van der Waals surface area contributed by atoms with Gasteiger partial charge in [0.15, 0.2) is 0 Å². The van der Waals surface area contributed by atoms with E-state index in [0.717, 1.165) is 0 Å². The van der Waals surface area contributed by atoms with Crippen molar-refractivity contribution >= 4 is 23.5 Å². The predicted molar refractivity (Wildman–Crippen MR) is 70.9 cm³/mol. The van der Waals surface area contributed by atoms with E-state index in [1.165, 1.54) is 21.1 Å². The summed E-state index contributed by atoms with van der Waals surface area (Å²) in [7, 11) is 2.49. The van der Waals surface area contributed by atoms with Crippen LogP contribution in [0.4, 0.5) is 0 Å². The molecule has 20 heavy (non-hydrogen) atoms. The zero-order valence-corrected chi connectivity index (χ0v) is 12.5. The van der Waals surface area contributed by atoms with Gasteiger partial charge in [-0.3, -0.25) is 19.2 Å². The fourth-order valence-electron chi connectivity index (χ4n) is 2.13. The third-order valence-electron chi connectivity index (χ3n) is 3.50. The molecule has 0 saturated carbocycles. The minimum absolute atomic E-state index is 0.0387. The second-order valence-electron chi connectivity index (χ2n) is 4.57. The Labute approximate surface area is 118 Å². The standard InChI is InChI=1S/C14H22O6/c1-5-11(16)14(10(2)15,8-6-12(17)19-3)9-7-13(18)20-4/h5-9H2,1-4H3. The van der Waals surface area contributed by atoms with Gasteiger partial charge in [-0.05, 0) is 19.8 Å². The Bertz CT molecular complexity index is 365. The molecule has 0 rings (SSSR count). The fourth-order valence-corrected chi connectivity index (χ4v) is 2.13. The molecular formula is C14H22O6. The number of Topliss-reactive ketones (excluding diaryl/α,β-unsaturated/α-hetero) is 2. The number of ketones is 2. The van der Waals surface area contributed by atoms with Crippen molar-refractivity contribution in [1.29, 1.82) is 0 Å². The molecule has 0 aliphatic rings. The van der Waals surface area contributed by atoms with E-state index in [0.29, 0.717) is 0 Å². The Hall–Kier alpha value is -1.72. The van der Waals surface area contributed by atoms with Gasteiger partial charge in [-0.25, -0.2) is 0 Å². The molecule has 0 atom stereocenters. The Morgan fingerprint density at radius 2 is 1.30 bits per heavy atom. The quantitative estimate of drug-likeness (QED) is 0.471. The maximum absolute atomic E-state index is 12.2. The van der Waals surface area contributed by atoms with Crippen LogP contribution in [0.5, 0.6) is 0 Å². The number of hydrogen-bond donors (Lipinski definition) is 0. The highest BCUT2D eigenvalue weighted by Crippen LogP contribution is 2.34. The first-order chi connectivity index (χ1) is 9.33. The van der Waals surface area contributed by atoms with Crippen molar-refractivity contribution in [3.05, 3.63) is 0 Å². The third kappa shape index (κ3) is 4.75. The molecule has 0 aromatic rings. The lowest BCUT2D eigenvalue weighted by Gasteiger charge is -2.29. The van der Waals surface area contributed by atoms with Crippen LogP contribution in [-0.4, -0.2) is 37.7 Å². The van der Waals surface area contributed by atoms with Gasteiger partial charge in [0.05, 0.1) is 19.6 Å². The Kier molecular flexibility index (Phi) is 7.72. The van der Waals surface area contributed by atoms with E-state index in [-0.39, 0.29) is 43.7 Å². The number of rotatable bonds is 9. The number of carbonyl (C=O) groups is 4. The average molecular weight is 286 g/mol. The van der Waals surface area contributed by atoms with E-state index in [2.05, 4.69) is 9.47 Å². The van der Waals surface area contributed by atoms with Gasteiger partial charge in [0.1, 0.15) is 11.6 Å². The molecule has 0 saturated heterocycles. The molecule has 0 N–H and O–H groups in total. The average Bonchev–Trinajstić information content (AvgIpc) is 2.45. The van der Waals surface area contributed by atoms with Gasteiger partial charge in [-0.2, -0.15) is 0 Å². The summed E-state index contributed by atoms with van der Waals surface area (Å²) in [5, 5.41) is 0. The highest BCUT2D eigenvalue weighted by atomic mass is 16.5. The van der Waals surface area contributed by atoms with Crippen molar-refractivity contribution in [1.82, 2.24) is 0 Å². The molecule has 0 aromatic carbocycles. The lowest BCUT2D eigenvalue weighted by molar-refractivity contribution is -0.145. The molecule has 0 amide bonds. The van der Waals surface area contributed by atoms with E-state index in [1.807, 2.05) is 0 Å². The van der Waals surface area contributed by atoms with Crippen LogP contribution >= 0.6 is 0 Å². The number of carbonyl (C=O) groups excluding carboxylic acids is 4. The Morgan fingerprint density at radius 3 is 1.55 bits per heavy atom. The Balaban J connectivity index is 5.15. The number of hydrogen-bond acceptors (Lipinski definition) is 6. The molecule has 0 aliphatic heterocycles. The second-order valence-corrected chi connectivity index (χ2v) is 4.57. The van der Waals surface area contributed by atoms with E-state index in [4.69, 9.17) is 0 Å². The van der Waals surface area contributed by atoms with Gasteiger partial charge < -0.3 is 9.47 Å². The van der Waals surface area contributed by atoms with Crippen LogP contribution < -0.4 is 0 Å². The van der Waals surface area contributed by atoms with Crippen LogP contribution in [0, 0.1) is 5.41 Å². The number of esters is 2. The van der Waals surface area contributed by atoms with Crippen molar-refractivity contribution in [2.24, 2.45) is 5.41 Å². The summed E-state index contributed by atoms with van der Waals surface area (Å²) in [5.41, 5.74) is -1.31. The van der Waals surface area contributed by atoms with Crippen molar-refractivity contribution in [2.45, 2.75) is 46.0 Å². The van der Waals surface area contributed by atoms with Crippen molar-refractivity contribution in [2.75, 3.05) is 14.2 Å². The highest BCUT2D eigenvalue weighted by molar-refractivity contribution is 6.06. The molecule has 6 heteroatoms. The second kappa shape index (κ2) is 8.45. The van der Waals surface area contributed by atoms with E-state index in [9.17, 15) is 19.2 Å². The van der Waals surface area contributed by atoms with Crippen LogP contribution in [0.25, 0.3) is 0 Å². The highest BCUT2D eigenvalue weighted by Gasteiger charge is 2.42. The van der Waals surface area contributed by atoms with Crippen molar-refractivity contribution in [3.63, 3.8) is 0 Å². The molecule has 0 radical (unpaired) electrons. The van der Waals surface area contributed by atoms with Crippen LogP contribution in [0.3, 0.4) is 0 Å². The van der Waals surface area contributed by atoms with Crippen molar-refractivity contribution in [3.8, 4) is 0 Å². The van der Waals surface area contributed by atoms with E-state index < -0.39 is 17.4 Å². The largest absolute Gasteiger partial charge is 0.469 e. The Morgan fingerprint density at radius 1 is 0.900 bits per heavy atom. The summed E-state index contributed by atoms with van der Waals surface area (Å²) in [4.78, 5) is 46.6. The molecule has 0 aromatic heterocycles. The molecule has 0 bridgehead atoms. The predicted octanol–water partition coefficient (Wildman–Crippen LogP) is 1.45. The number of methoxy groups -OCH3 is 2. The summed E-state index contributed by atoms with van der Waals surface area (Å²) >= 11 is 0. The topological polar surface area (TPSA) is 86.7 Å². The van der Waals surface area contributed by atoms with Crippen LogP contribution in [0.2, 0.25) is 0 Å². The van der Waals surface area contributed by atoms with Crippen LogP contribution in [0.15, 0.2) is 0 Å². The normalized spacial score (nSPS) is 10.8. The molecule has 0 aliphatic carbocycles. The summed E-state index contributed by atoms with van der Waals surface area (Å²) in [6, 6.07) is 0. The van der Waals surface area contributed by atoms with Gasteiger partial charge in [-0.1, -0.05) is 6.92 Å². The smallest absolute Gasteiger partial charge is 0.305 e. The van der Waals surface area contributed by atoms with Crippen LogP contribution in [0.1, 0.15) is 46.0 Å². The SMILES string of the molecule is CCC(=O)C(CCC(=O)OC)(CCC(=O)OC)C(C)=O. The lowest BCUT2D eigenvalue weighted by Crippen LogP contribution is -2.39. The van der Waals surface area contributed by atoms with Gasteiger partial charge >= 0.3 is 11.9 Å². The third-order valence-corrected chi connectivity index (χ3v) is 3.50. The first-order valence-corrected chi connectivity index (χ1v) is 6.52. The monoisotopic (exact) mass is 286 g/mol. The summed E-state index contributed by atoms with van der Waals surface area (Å²) < 4.78 is 9.06. The van der Waals surface area contributed by atoms with Gasteiger partial charge in [0, 0.05) is 19.3 Å². The summed E-state index contributed by atoms with van der Waals surface area (Å²) in [6.45, 7) is 2.96. The molecular weight excluding hydrogens is 264 g/mol. The summed E-state index contributed by atoms with van der Waals surface area (Å²) in [6.07, 6.45) is 0.200. The zero-order chi connectivity index (χ0) is 15.8. The molecule has 0 heterocycles. The number of ether oxygens (including phenoxy) is 2. The molecule has 0 unspecified atom stereocenters. The van der Waals surface area contributed by atoms with E-state index >= 15 is 0 Å². The maximum atomic E-state index is 12.2. The zero-order valence-electron chi connectivity index (χ0n) is 12.5. The summed E-state index contributed by atoms with van der Waals surface area (Å²) in [5.74, 6) is -1.58.